The second-order valence-electron chi connectivity index (χ2n) is 6.11. The van der Waals surface area contributed by atoms with Gasteiger partial charge in [0.25, 0.3) is 0 Å². The molecule has 0 amide bonds. The minimum atomic E-state index is -1.58. The normalized spacial score (nSPS) is 11.2. The molecule has 0 atom stereocenters. The van der Waals surface area contributed by atoms with E-state index in [0.29, 0.717) is 16.0 Å². The summed E-state index contributed by atoms with van der Waals surface area (Å²) in [4.78, 5) is 15.9. The molecule has 123 valence electrons. The van der Waals surface area contributed by atoms with Crippen molar-refractivity contribution in [2.24, 2.45) is 0 Å². The fourth-order valence-corrected chi connectivity index (χ4v) is 3.51. The summed E-state index contributed by atoms with van der Waals surface area (Å²) < 4.78 is 19.6. The number of hydrogen-bond acceptors (Lipinski definition) is 4. The van der Waals surface area contributed by atoms with Crippen molar-refractivity contribution in [3.8, 4) is 0 Å². The number of rotatable bonds is 4. The molecule has 0 fully saturated rings. The molecule has 0 aliphatic rings. The molecule has 7 heteroatoms. The first-order valence-corrected chi connectivity index (χ1v) is 11.3. The average molecular weight is 397 g/mol. The largest absolute Gasteiger partial charge is 0.465 e. The first-order chi connectivity index (χ1) is 10.7. The molecule has 2 rings (SSSR count). The highest BCUT2D eigenvalue weighted by molar-refractivity contribution is 9.10. The Morgan fingerprint density at radius 1 is 1.26 bits per heavy atom. The monoisotopic (exact) mass is 396 g/mol. The zero-order valence-corrected chi connectivity index (χ0v) is 16.0. The highest BCUT2D eigenvalue weighted by Gasteiger charge is 2.15. The summed E-state index contributed by atoms with van der Waals surface area (Å²) >= 11 is 3.21. The van der Waals surface area contributed by atoms with Crippen molar-refractivity contribution in [2.75, 3.05) is 12.4 Å². The summed E-state index contributed by atoms with van der Waals surface area (Å²) in [6.07, 6.45) is 1.46. The zero-order valence-electron chi connectivity index (χ0n) is 13.4. The number of esters is 1. The van der Waals surface area contributed by atoms with Gasteiger partial charge in [-0.2, -0.15) is 24.8 Å². The molecular formula is C16H18BrFN2O2Si-. The molecule has 4 nitrogen and oxygen atoms in total. The Balaban J connectivity index is 2.38. The summed E-state index contributed by atoms with van der Waals surface area (Å²) in [5.41, 5.74) is 0.962. The molecule has 0 saturated heterocycles. The van der Waals surface area contributed by atoms with Crippen molar-refractivity contribution >= 4 is 46.5 Å². The van der Waals surface area contributed by atoms with Crippen molar-refractivity contribution in [2.45, 2.75) is 19.6 Å². The molecule has 0 radical (unpaired) electrons. The summed E-state index contributed by atoms with van der Waals surface area (Å²) in [6, 6.07) is 6.69. The lowest BCUT2D eigenvalue weighted by molar-refractivity contribution is 0.0601. The Labute approximate surface area is 144 Å². The van der Waals surface area contributed by atoms with Crippen LogP contribution in [0.4, 0.5) is 15.8 Å². The number of hydrogen-bond donors (Lipinski definition) is 1. The summed E-state index contributed by atoms with van der Waals surface area (Å²) in [7, 11) is -0.287. The van der Waals surface area contributed by atoms with Crippen LogP contribution in [0.1, 0.15) is 10.4 Å². The van der Waals surface area contributed by atoms with Crippen molar-refractivity contribution in [1.82, 2.24) is 4.98 Å². The number of benzene rings is 1. The van der Waals surface area contributed by atoms with Crippen LogP contribution in [-0.2, 0) is 4.74 Å². The van der Waals surface area contributed by atoms with Crippen molar-refractivity contribution < 1.29 is 13.9 Å². The van der Waals surface area contributed by atoms with Crippen LogP contribution in [0.15, 0.2) is 35.1 Å². The number of pyridine rings is 1. The summed E-state index contributed by atoms with van der Waals surface area (Å²) in [6.45, 7) is 6.47. The van der Waals surface area contributed by atoms with Gasteiger partial charge >= 0.3 is 5.97 Å². The van der Waals surface area contributed by atoms with Gasteiger partial charge in [0.15, 0.2) is 0 Å². The maximum Gasteiger partial charge on any atom is 0.340 e. The van der Waals surface area contributed by atoms with Crippen molar-refractivity contribution in [3.05, 3.63) is 46.4 Å². The highest BCUT2D eigenvalue weighted by atomic mass is 79.9. The van der Waals surface area contributed by atoms with Crippen LogP contribution in [0, 0.1) is 5.82 Å². The molecule has 1 N–H and O–H groups in total. The van der Waals surface area contributed by atoms with E-state index in [9.17, 15) is 9.18 Å². The topological polar surface area (TPSA) is 51.2 Å². The smallest absolute Gasteiger partial charge is 0.340 e. The molecule has 0 aliphatic carbocycles. The Bertz CT molecular complexity index is 747. The van der Waals surface area contributed by atoms with Gasteiger partial charge in [-0.05, 0) is 28.1 Å². The molecule has 0 saturated carbocycles. The Kier molecular flexibility index (Phi) is 5.21. The number of ether oxygens (including phenoxy) is 1. The Morgan fingerprint density at radius 2 is 1.96 bits per heavy atom. The predicted molar refractivity (Wildman–Crippen MR) is 95.9 cm³/mol. The Morgan fingerprint density at radius 3 is 2.52 bits per heavy atom. The molecule has 0 bridgehead atoms. The van der Waals surface area contributed by atoms with E-state index < -0.39 is 14.0 Å². The number of carbonyl (C=O) groups is 1. The maximum absolute atomic E-state index is 14.4. The van der Waals surface area contributed by atoms with Gasteiger partial charge in [-0.25, -0.2) is 14.2 Å². The molecule has 0 aliphatic heterocycles. The van der Waals surface area contributed by atoms with Crippen LogP contribution in [0.2, 0.25) is 19.6 Å². The standard InChI is InChI=1S/C16H18BrFN2O2Si/c1-22-16(21)11-8-15(17)19-9-14(11)20-13-6-5-10(7-12(13)18)23(2,3)4/h5-9,20H,1-4H3/q-1. The lowest BCUT2D eigenvalue weighted by Gasteiger charge is -2.29. The number of anilines is 2. The van der Waals surface area contributed by atoms with E-state index in [4.69, 9.17) is 4.74 Å². The molecule has 0 spiro atoms. The maximum atomic E-state index is 14.4. The van der Waals surface area contributed by atoms with Gasteiger partial charge in [0.1, 0.15) is 10.4 Å². The van der Waals surface area contributed by atoms with E-state index >= 15 is 0 Å². The van der Waals surface area contributed by atoms with Gasteiger partial charge < -0.3 is 10.1 Å². The van der Waals surface area contributed by atoms with Crippen LogP contribution in [0.3, 0.4) is 0 Å². The fraction of sp³-hybridized carbons (Fsp3) is 0.250. The van der Waals surface area contributed by atoms with Crippen LogP contribution in [0.5, 0.6) is 0 Å². The first kappa shape index (κ1) is 17.6. The minimum absolute atomic E-state index is 0.281. The minimum Gasteiger partial charge on any atom is -0.465 e. The third-order valence-electron chi connectivity index (χ3n) is 3.38. The molecule has 2 aromatic rings. The number of carbonyl (C=O) groups excluding carboxylic acids is 1. The van der Waals surface area contributed by atoms with Gasteiger partial charge in [-0.15, -0.1) is 8.07 Å². The lowest BCUT2D eigenvalue weighted by atomic mass is 10.2. The quantitative estimate of drug-likeness (QED) is 0.480. The number of nitrogens with one attached hydrogen (secondary N) is 1. The molecule has 23 heavy (non-hydrogen) atoms. The van der Waals surface area contributed by atoms with Gasteiger partial charge in [0.2, 0.25) is 0 Å². The second-order valence-corrected chi connectivity index (χ2v) is 12.0. The van der Waals surface area contributed by atoms with Gasteiger partial charge in [-0.1, -0.05) is 12.1 Å². The van der Waals surface area contributed by atoms with Crippen LogP contribution >= 0.6 is 15.9 Å². The van der Waals surface area contributed by atoms with E-state index in [-0.39, 0.29) is 11.4 Å². The van der Waals surface area contributed by atoms with Crippen LogP contribution in [-0.4, -0.2) is 26.1 Å². The third kappa shape index (κ3) is 4.17. The second kappa shape index (κ2) is 6.80. The predicted octanol–water partition coefficient (Wildman–Crippen LogP) is 4.06. The first-order valence-electron chi connectivity index (χ1n) is 7.03. The van der Waals surface area contributed by atoms with Gasteiger partial charge in [0.05, 0.1) is 30.2 Å². The summed E-state index contributed by atoms with van der Waals surface area (Å²) in [5, 5.41) is 3.95. The molecule has 1 heterocycles. The zero-order chi connectivity index (χ0) is 17.2. The molecule has 1 aromatic carbocycles. The van der Waals surface area contributed by atoms with E-state index in [1.54, 1.807) is 12.1 Å². The Hall–Kier alpha value is -1.73. The number of aromatic nitrogens is 1. The molecule has 0 unspecified atom stereocenters. The van der Waals surface area contributed by atoms with E-state index in [0.717, 1.165) is 5.19 Å². The fourth-order valence-electron chi connectivity index (χ4n) is 2.04. The van der Waals surface area contributed by atoms with Crippen LogP contribution < -0.4 is 10.5 Å². The van der Waals surface area contributed by atoms with Crippen molar-refractivity contribution in [1.29, 1.82) is 0 Å². The van der Waals surface area contributed by atoms with Gasteiger partial charge in [-0.3, -0.25) is 0 Å². The molecule has 1 aromatic heterocycles. The van der Waals surface area contributed by atoms with Gasteiger partial charge in [0, 0.05) is 0 Å². The average Bonchev–Trinajstić information content (AvgIpc) is 2.49. The summed E-state index contributed by atoms with van der Waals surface area (Å²) in [5.74, 6) is -0.876. The van der Waals surface area contributed by atoms with Crippen molar-refractivity contribution in [3.63, 3.8) is 0 Å². The molecular weight excluding hydrogens is 379 g/mol. The lowest BCUT2D eigenvalue weighted by Crippen LogP contribution is -2.37. The number of halogens is 2. The van der Waals surface area contributed by atoms with E-state index in [1.807, 2.05) is 6.07 Å². The number of methoxy groups -OCH3 is 1. The number of nitrogens with zero attached hydrogens (tertiary/aromatic N) is 1. The van der Waals surface area contributed by atoms with Crippen LogP contribution in [0.25, 0.3) is 0 Å². The van der Waals surface area contributed by atoms with E-state index in [2.05, 4.69) is 45.9 Å². The highest BCUT2D eigenvalue weighted by Crippen LogP contribution is 2.25. The third-order valence-corrected chi connectivity index (χ3v) is 5.86. The van der Waals surface area contributed by atoms with E-state index in [1.165, 1.54) is 19.4 Å². The SMILES string of the molecule is COC(=O)c1cc(Br)ncc1Nc1ccc([Si-](C)(C)C)cc1F.